The van der Waals surface area contributed by atoms with Crippen LogP contribution in [0.4, 0.5) is 0 Å². The van der Waals surface area contributed by atoms with Gasteiger partial charge in [-0.05, 0) is 26.2 Å². The van der Waals surface area contributed by atoms with E-state index in [0.29, 0.717) is 31.6 Å². The van der Waals surface area contributed by atoms with Gasteiger partial charge in [0.2, 0.25) is 0 Å². The molecule has 1 atom stereocenters. The second-order valence-electron chi connectivity index (χ2n) is 3.59. The number of rotatable bonds is 6. The molecule has 0 fully saturated rings. The molecule has 1 aromatic rings. The molecule has 1 aromatic heterocycles. The van der Waals surface area contributed by atoms with Gasteiger partial charge in [-0.15, -0.1) is 12.4 Å². The topological polar surface area (TPSA) is 111 Å². The van der Waals surface area contributed by atoms with Gasteiger partial charge in [0.1, 0.15) is 6.04 Å². The van der Waals surface area contributed by atoms with Crippen molar-refractivity contribution in [2.75, 3.05) is 0 Å². The van der Waals surface area contributed by atoms with E-state index in [1.54, 1.807) is 6.92 Å². The molecule has 7 nitrogen and oxygen atoms in total. The molecule has 3 N–H and O–H groups in total. The summed E-state index contributed by atoms with van der Waals surface area (Å²) in [4.78, 5) is 21.5. The zero-order valence-corrected chi connectivity index (χ0v) is 10.3. The van der Waals surface area contributed by atoms with Crippen LogP contribution in [0.2, 0.25) is 0 Å². The minimum atomic E-state index is -1.00. The molecule has 0 spiro atoms. The maximum Gasteiger partial charge on any atom is 0.441 e. The highest BCUT2D eigenvalue weighted by atomic mass is 35.5. The highest BCUT2D eigenvalue weighted by Crippen LogP contribution is 2.02. The number of aliphatic carboxylic acids is 1. The minimum absolute atomic E-state index is 0. The summed E-state index contributed by atoms with van der Waals surface area (Å²) in [7, 11) is 0. The quantitative estimate of drug-likeness (QED) is 0.708. The second kappa shape index (κ2) is 7.08. The van der Waals surface area contributed by atoms with Crippen LogP contribution in [0.5, 0.6) is 0 Å². The lowest BCUT2D eigenvalue weighted by molar-refractivity contribution is -0.138. The third-order valence-electron chi connectivity index (χ3n) is 2.33. The fourth-order valence-electron chi connectivity index (χ4n) is 1.35. The maximum absolute atomic E-state index is 11.1. The van der Waals surface area contributed by atoms with Gasteiger partial charge in [0.15, 0.2) is 5.82 Å². The van der Waals surface area contributed by atoms with Gasteiger partial charge in [-0.1, -0.05) is 5.16 Å². The van der Waals surface area contributed by atoms with Crippen LogP contribution in [0.15, 0.2) is 9.32 Å². The van der Waals surface area contributed by atoms with Crippen LogP contribution in [0.3, 0.4) is 0 Å². The number of carboxylic acids is 1. The minimum Gasteiger partial charge on any atom is -0.480 e. The molecule has 0 aliphatic carbocycles. The summed E-state index contributed by atoms with van der Waals surface area (Å²) >= 11 is 0. The first kappa shape index (κ1) is 15.7. The van der Waals surface area contributed by atoms with Crippen LogP contribution in [0.25, 0.3) is 0 Å². The van der Waals surface area contributed by atoms with E-state index in [9.17, 15) is 9.59 Å². The second-order valence-corrected chi connectivity index (χ2v) is 3.59. The summed E-state index contributed by atoms with van der Waals surface area (Å²) in [6, 6.07) is -0.833. The van der Waals surface area contributed by atoms with E-state index in [0.717, 1.165) is 0 Å². The van der Waals surface area contributed by atoms with E-state index in [1.807, 2.05) is 0 Å². The molecule has 17 heavy (non-hydrogen) atoms. The Balaban J connectivity index is 0.00000256. The molecule has 0 unspecified atom stereocenters. The van der Waals surface area contributed by atoms with Crippen molar-refractivity contribution in [2.45, 2.75) is 38.8 Å². The van der Waals surface area contributed by atoms with Crippen LogP contribution < -0.4 is 11.5 Å². The van der Waals surface area contributed by atoms with E-state index in [1.165, 1.54) is 4.57 Å². The molecule has 0 amide bonds. The molecular weight excluding hydrogens is 250 g/mol. The van der Waals surface area contributed by atoms with Gasteiger partial charge in [-0.3, -0.25) is 13.9 Å². The van der Waals surface area contributed by atoms with Gasteiger partial charge in [0.05, 0.1) is 0 Å². The summed E-state index contributed by atoms with van der Waals surface area (Å²) in [5.74, 6) is -0.967. The van der Waals surface area contributed by atoms with E-state index in [-0.39, 0.29) is 12.4 Å². The molecule has 0 aliphatic heterocycles. The molecule has 0 saturated carbocycles. The summed E-state index contributed by atoms with van der Waals surface area (Å²) in [5, 5.41) is 12.1. The smallest absolute Gasteiger partial charge is 0.441 e. The van der Waals surface area contributed by atoms with Crippen molar-refractivity contribution in [3.63, 3.8) is 0 Å². The highest BCUT2D eigenvalue weighted by molar-refractivity contribution is 5.85. The summed E-state index contributed by atoms with van der Waals surface area (Å²) in [6.07, 6.45) is 1.71. The Morgan fingerprint density at radius 1 is 1.59 bits per heavy atom. The molecule has 1 rings (SSSR count). The first-order chi connectivity index (χ1) is 7.52. The predicted octanol–water partition coefficient (Wildman–Crippen LogP) is 0.149. The van der Waals surface area contributed by atoms with Gasteiger partial charge < -0.3 is 10.8 Å². The molecule has 98 valence electrons. The van der Waals surface area contributed by atoms with Gasteiger partial charge in [0, 0.05) is 6.54 Å². The third-order valence-corrected chi connectivity index (χ3v) is 2.33. The lowest BCUT2D eigenvalue weighted by Crippen LogP contribution is -2.29. The van der Waals surface area contributed by atoms with Gasteiger partial charge in [0.25, 0.3) is 0 Å². The number of aromatic nitrogens is 2. The number of nitrogens with zero attached hydrogens (tertiary/aromatic N) is 2. The van der Waals surface area contributed by atoms with Crippen molar-refractivity contribution in [2.24, 2.45) is 5.73 Å². The van der Waals surface area contributed by atoms with Gasteiger partial charge in [-0.2, -0.15) is 0 Å². The molecule has 0 saturated heterocycles. The lowest BCUT2D eigenvalue weighted by atomic mass is 10.1. The van der Waals surface area contributed by atoms with Crippen molar-refractivity contribution >= 4 is 18.4 Å². The molecule has 8 heteroatoms. The van der Waals surface area contributed by atoms with Crippen LogP contribution >= 0.6 is 12.4 Å². The average molecular weight is 266 g/mol. The average Bonchev–Trinajstić information content (AvgIpc) is 2.54. The van der Waals surface area contributed by atoms with Crippen molar-refractivity contribution in [1.29, 1.82) is 0 Å². The number of hydrogen-bond donors (Lipinski definition) is 2. The number of halogens is 1. The van der Waals surface area contributed by atoms with Gasteiger partial charge in [-0.25, -0.2) is 4.79 Å². The van der Waals surface area contributed by atoms with E-state index >= 15 is 0 Å². The summed E-state index contributed by atoms with van der Waals surface area (Å²) < 4.78 is 5.86. The fourth-order valence-corrected chi connectivity index (χ4v) is 1.35. The highest BCUT2D eigenvalue weighted by Gasteiger charge is 2.11. The molecule has 0 aromatic carbocycles. The Bertz CT molecular complexity index is 415. The Morgan fingerprint density at radius 2 is 2.24 bits per heavy atom. The van der Waals surface area contributed by atoms with Crippen molar-refractivity contribution < 1.29 is 14.4 Å². The predicted molar refractivity (Wildman–Crippen MR) is 62.2 cm³/mol. The van der Waals surface area contributed by atoms with E-state index < -0.39 is 17.8 Å². The summed E-state index contributed by atoms with van der Waals surface area (Å²) in [5.41, 5.74) is 5.34. The first-order valence-electron chi connectivity index (χ1n) is 5.04. The Hall–Kier alpha value is -1.34. The van der Waals surface area contributed by atoms with Gasteiger partial charge >= 0.3 is 11.7 Å². The normalized spacial score (nSPS) is 11.9. The zero-order chi connectivity index (χ0) is 12.1. The largest absolute Gasteiger partial charge is 0.480 e. The van der Waals surface area contributed by atoms with Crippen molar-refractivity contribution in [3.05, 3.63) is 16.4 Å². The zero-order valence-electron chi connectivity index (χ0n) is 9.46. The number of carboxylic acid groups (broad SMARTS) is 1. The molecule has 0 aliphatic rings. The monoisotopic (exact) mass is 265 g/mol. The third kappa shape index (κ3) is 4.58. The van der Waals surface area contributed by atoms with E-state index in [4.69, 9.17) is 10.8 Å². The van der Waals surface area contributed by atoms with E-state index in [2.05, 4.69) is 9.68 Å². The van der Waals surface area contributed by atoms with Crippen LogP contribution in [-0.4, -0.2) is 26.8 Å². The Morgan fingerprint density at radius 3 is 2.71 bits per heavy atom. The maximum atomic E-state index is 11.1. The number of unbranched alkanes of at least 4 members (excludes halogenated alkanes) is 1. The van der Waals surface area contributed by atoms with Crippen molar-refractivity contribution in [3.8, 4) is 0 Å². The van der Waals surface area contributed by atoms with Crippen LogP contribution in [-0.2, 0) is 11.3 Å². The number of nitrogens with two attached hydrogens (primary N) is 1. The molecule has 0 radical (unpaired) electrons. The van der Waals surface area contributed by atoms with Crippen LogP contribution in [0.1, 0.15) is 25.1 Å². The first-order valence-corrected chi connectivity index (χ1v) is 5.04. The van der Waals surface area contributed by atoms with Crippen LogP contribution in [0, 0.1) is 6.92 Å². The molecule has 0 bridgehead atoms. The Kier molecular flexibility index (Phi) is 6.52. The fraction of sp³-hybridized carbons (Fsp3) is 0.667. The number of carbonyl (C=O) groups is 1. The summed E-state index contributed by atoms with van der Waals surface area (Å²) in [6.45, 7) is 2.15. The number of hydrogen-bond acceptors (Lipinski definition) is 5. The standard InChI is InChI=1S/C9H15N3O4.ClH/c1-6-11-16-9(15)12(6)5-3-2-4-7(10)8(13)14;/h7H,2-5,10H2,1H3,(H,13,14);1H/t7-;/m0./s1. The van der Waals surface area contributed by atoms with Crippen molar-refractivity contribution in [1.82, 2.24) is 9.72 Å². The Labute approximate surface area is 104 Å². The lowest BCUT2D eigenvalue weighted by Gasteiger charge is -2.05. The molecular formula is C9H16ClN3O4. The molecule has 1 heterocycles. The SMILES string of the molecule is Cc1noc(=O)n1CCCC[C@H](N)C(=O)O.Cl. The number of aryl methyl sites for hydroxylation is 1.